The number of amides is 2. The first-order valence-corrected chi connectivity index (χ1v) is 7.07. The molecular formula is C14H27N3O3. The fraction of sp³-hybridized carbons (Fsp3) is 0.857. The molecule has 0 aromatic rings. The number of piperidine rings is 1. The van der Waals surface area contributed by atoms with E-state index in [2.05, 4.69) is 4.90 Å². The second kappa shape index (κ2) is 6.43. The minimum absolute atomic E-state index is 0.153. The summed E-state index contributed by atoms with van der Waals surface area (Å²) >= 11 is 0. The molecule has 116 valence electrons. The summed E-state index contributed by atoms with van der Waals surface area (Å²) in [6.45, 7) is 7.19. The van der Waals surface area contributed by atoms with Gasteiger partial charge in [-0.2, -0.15) is 0 Å². The summed E-state index contributed by atoms with van der Waals surface area (Å²) in [5.74, 6) is -0.984. The standard InChI is InChI=1S/C14H27N3O3/c1-14(2,3)17(10-12(18)19)13(20)16(5)11-7-6-8-15(4)9-11/h11H,6-10H2,1-5H3,(H,18,19). The molecule has 1 aliphatic heterocycles. The Labute approximate surface area is 121 Å². The maximum Gasteiger partial charge on any atom is 0.323 e. The topological polar surface area (TPSA) is 64.1 Å². The summed E-state index contributed by atoms with van der Waals surface area (Å²) in [7, 11) is 3.82. The number of likely N-dealkylation sites (tertiary alicyclic amines) is 1. The smallest absolute Gasteiger partial charge is 0.323 e. The highest BCUT2D eigenvalue weighted by Gasteiger charge is 2.34. The van der Waals surface area contributed by atoms with E-state index < -0.39 is 11.5 Å². The molecular weight excluding hydrogens is 258 g/mol. The van der Waals surface area contributed by atoms with Gasteiger partial charge in [0.1, 0.15) is 6.54 Å². The lowest BCUT2D eigenvalue weighted by Crippen LogP contribution is -2.57. The van der Waals surface area contributed by atoms with Crippen LogP contribution in [0.5, 0.6) is 0 Å². The number of nitrogens with zero attached hydrogens (tertiary/aromatic N) is 3. The summed E-state index contributed by atoms with van der Waals surface area (Å²) in [6.07, 6.45) is 2.03. The molecule has 1 rings (SSSR count). The molecule has 2 amide bonds. The molecule has 20 heavy (non-hydrogen) atoms. The number of hydrogen-bond donors (Lipinski definition) is 1. The van der Waals surface area contributed by atoms with E-state index >= 15 is 0 Å². The quantitative estimate of drug-likeness (QED) is 0.849. The zero-order valence-electron chi connectivity index (χ0n) is 13.2. The van der Waals surface area contributed by atoms with Gasteiger partial charge in [-0.1, -0.05) is 0 Å². The number of urea groups is 1. The Kier molecular flexibility index (Phi) is 5.39. The maximum absolute atomic E-state index is 12.6. The minimum Gasteiger partial charge on any atom is -0.480 e. The number of carboxylic acids is 1. The van der Waals surface area contributed by atoms with Gasteiger partial charge in [-0.3, -0.25) is 4.79 Å². The van der Waals surface area contributed by atoms with Crippen molar-refractivity contribution in [3.05, 3.63) is 0 Å². The number of aliphatic carboxylic acids is 1. The number of hydrogen-bond acceptors (Lipinski definition) is 3. The Morgan fingerprint density at radius 1 is 1.35 bits per heavy atom. The molecule has 6 heteroatoms. The van der Waals surface area contributed by atoms with Gasteiger partial charge in [-0.25, -0.2) is 4.79 Å². The second-order valence-corrected chi connectivity index (χ2v) is 6.60. The van der Waals surface area contributed by atoms with Gasteiger partial charge in [0.05, 0.1) is 0 Å². The van der Waals surface area contributed by atoms with Crippen LogP contribution in [0.15, 0.2) is 0 Å². The van der Waals surface area contributed by atoms with Gasteiger partial charge >= 0.3 is 12.0 Å². The van der Waals surface area contributed by atoms with E-state index in [4.69, 9.17) is 5.11 Å². The number of carboxylic acid groups (broad SMARTS) is 1. The number of rotatable bonds is 3. The molecule has 1 atom stereocenters. The van der Waals surface area contributed by atoms with Crippen LogP contribution < -0.4 is 0 Å². The maximum atomic E-state index is 12.6. The van der Waals surface area contributed by atoms with Crippen LogP contribution in [0.4, 0.5) is 4.79 Å². The van der Waals surface area contributed by atoms with E-state index in [0.717, 1.165) is 25.9 Å². The molecule has 1 N–H and O–H groups in total. The largest absolute Gasteiger partial charge is 0.480 e. The van der Waals surface area contributed by atoms with Crippen LogP contribution in [0.3, 0.4) is 0 Å². The Morgan fingerprint density at radius 3 is 2.40 bits per heavy atom. The Morgan fingerprint density at radius 2 is 1.95 bits per heavy atom. The van der Waals surface area contributed by atoms with Crippen molar-refractivity contribution in [2.24, 2.45) is 0 Å². The van der Waals surface area contributed by atoms with Crippen LogP contribution in [0.1, 0.15) is 33.6 Å². The van der Waals surface area contributed by atoms with Gasteiger partial charge in [0.2, 0.25) is 0 Å². The van der Waals surface area contributed by atoms with E-state index in [1.54, 1.807) is 11.9 Å². The zero-order chi connectivity index (χ0) is 15.5. The van der Waals surface area contributed by atoms with Crippen molar-refractivity contribution in [3.8, 4) is 0 Å². The molecule has 0 aromatic carbocycles. The lowest BCUT2D eigenvalue weighted by Gasteiger charge is -2.42. The molecule has 1 saturated heterocycles. The minimum atomic E-state index is -0.984. The highest BCUT2D eigenvalue weighted by molar-refractivity contribution is 5.81. The molecule has 6 nitrogen and oxygen atoms in total. The fourth-order valence-electron chi connectivity index (χ4n) is 2.53. The van der Waals surface area contributed by atoms with Crippen LogP contribution in [0.2, 0.25) is 0 Å². The van der Waals surface area contributed by atoms with Gasteiger partial charge in [0.15, 0.2) is 0 Å². The molecule has 1 fully saturated rings. The van der Waals surface area contributed by atoms with Crippen LogP contribution in [0.25, 0.3) is 0 Å². The van der Waals surface area contributed by atoms with Crippen molar-refractivity contribution in [2.45, 2.75) is 45.2 Å². The van der Waals surface area contributed by atoms with Crippen molar-refractivity contribution >= 4 is 12.0 Å². The zero-order valence-corrected chi connectivity index (χ0v) is 13.2. The molecule has 0 saturated carbocycles. The van der Waals surface area contributed by atoms with E-state index in [0.29, 0.717) is 0 Å². The van der Waals surface area contributed by atoms with Crippen LogP contribution in [-0.2, 0) is 4.79 Å². The number of carbonyl (C=O) groups excluding carboxylic acids is 1. The average Bonchev–Trinajstić information content (AvgIpc) is 2.32. The van der Waals surface area contributed by atoms with Gasteiger partial charge in [-0.15, -0.1) is 0 Å². The fourth-order valence-corrected chi connectivity index (χ4v) is 2.53. The third-order valence-corrected chi connectivity index (χ3v) is 3.78. The normalized spacial score (nSPS) is 20.6. The van der Waals surface area contributed by atoms with Crippen LogP contribution in [-0.4, -0.2) is 77.1 Å². The molecule has 1 unspecified atom stereocenters. The van der Waals surface area contributed by atoms with Crippen molar-refractivity contribution in [1.82, 2.24) is 14.7 Å². The van der Waals surface area contributed by atoms with Crippen molar-refractivity contribution in [1.29, 1.82) is 0 Å². The molecule has 0 bridgehead atoms. The van der Waals surface area contributed by atoms with Crippen molar-refractivity contribution < 1.29 is 14.7 Å². The van der Waals surface area contributed by atoms with Crippen LogP contribution >= 0.6 is 0 Å². The summed E-state index contributed by atoms with van der Waals surface area (Å²) in [6, 6.07) is -0.0555. The first-order chi connectivity index (χ1) is 9.12. The summed E-state index contributed by atoms with van der Waals surface area (Å²) in [4.78, 5) is 28.9. The lowest BCUT2D eigenvalue weighted by molar-refractivity contribution is -0.138. The third-order valence-electron chi connectivity index (χ3n) is 3.78. The third kappa shape index (κ3) is 4.37. The molecule has 0 spiro atoms. The first-order valence-electron chi connectivity index (χ1n) is 7.07. The Balaban J connectivity index is 2.80. The van der Waals surface area contributed by atoms with Crippen LogP contribution in [0, 0.1) is 0 Å². The number of carbonyl (C=O) groups is 2. The molecule has 1 heterocycles. The lowest BCUT2D eigenvalue weighted by atomic mass is 10.0. The van der Waals surface area contributed by atoms with E-state index in [1.807, 2.05) is 27.8 Å². The highest BCUT2D eigenvalue weighted by Crippen LogP contribution is 2.19. The Bertz CT molecular complexity index is 365. The molecule has 0 radical (unpaired) electrons. The molecule has 0 aliphatic carbocycles. The van der Waals surface area contributed by atoms with Gasteiger partial charge < -0.3 is 19.8 Å². The second-order valence-electron chi connectivity index (χ2n) is 6.60. The van der Waals surface area contributed by atoms with Gasteiger partial charge in [0, 0.05) is 25.2 Å². The monoisotopic (exact) mass is 285 g/mol. The van der Waals surface area contributed by atoms with E-state index in [-0.39, 0.29) is 18.6 Å². The average molecular weight is 285 g/mol. The predicted molar refractivity (Wildman–Crippen MR) is 77.8 cm³/mol. The molecule has 0 aromatic heterocycles. The van der Waals surface area contributed by atoms with E-state index in [9.17, 15) is 9.59 Å². The summed E-state index contributed by atoms with van der Waals surface area (Å²) < 4.78 is 0. The van der Waals surface area contributed by atoms with Crippen molar-refractivity contribution in [2.75, 3.05) is 33.7 Å². The highest BCUT2D eigenvalue weighted by atomic mass is 16.4. The van der Waals surface area contributed by atoms with Gasteiger partial charge in [0.25, 0.3) is 0 Å². The first kappa shape index (κ1) is 16.8. The van der Waals surface area contributed by atoms with Crippen molar-refractivity contribution in [3.63, 3.8) is 0 Å². The Hall–Kier alpha value is -1.30. The number of likely N-dealkylation sites (N-methyl/N-ethyl adjacent to an activating group) is 2. The van der Waals surface area contributed by atoms with E-state index in [1.165, 1.54) is 4.90 Å². The predicted octanol–water partition coefficient (Wildman–Crippen LogP) is 1.32. The summed E-state index contributed by atoms with van der Waals surface area (Å²) in [5, 5.41) is 9.01. The molecule has 1 aliphatic rings. The summed E-state index contributed by atoms with van der Waals surface area (Å²) in [5.41, 5.74) is -0.510. The SMILES string of the molecule is CN1CCCC(N(C)C(=O)N(CC(=O)O)C(C)(C)C)C1. The van der Waals surface area contributed by atoms with Gasteiger partial charge in [-0.05, 0) is 47.2 Å².